The van der Waals surface area contributed by atoms with Crippen LogP contribution in [0.1, 0.15) is 5.56 Å². The van der Waals surface area contributed by atoms with Crippen molar-refractivity contribution in [3.8, 4) is 0 Å². The van der Waals surface area contributed by atoms with E-state index in [0.717, 1.165) is 13.0 Å². The fourth-order valence-electron chi connectivity index (χ4n) is 1.92. The molecule has 0 fully saturated rings. The van der Waals surface area contributed by atoms with Gasteiger partial charge in [-0.2, -0.15) is 0 Å². The number of aromatic amines is 1. The van der Waals surface area contributed by atoms with E-state index in [0.29, 0.717) is 0 Å². The molecule has 3 nitrogen and oxygen atoms in total. The Morgan fingerprint density at radius 2 is 2.20 bits per heavy atom. The quantitative estimate of drug-likeness (QED) is 0.700. The summed E-state index contributed by atoms with van der Waals surface area (Å²) in [5.74, 6) is 0. The highest BCUT2D eigenvalue weighted by Gasteiger charge is 2.07. The average Bonchev–Trinajstić information content (AvgIpc) is 2.62. The van der Waals surface area contributed by atoms with Gasteiger partial charge in [-0.3, -0.25) is 0 Å². The van der Waals surface area contributed by atoms with Crippen LogP contribution in [0.25, 0.3) is 10.9 Å². The van der Waals surface area contributed by atoms with Gasteiger partial charge in [-0.25, -0.2) is 0 Å². The Hall–Kier alpha value is -1.32. The third-order valence-electron chi connectivity index (χ3n) is 2.62. The van der Waals surface area contributed by atoms with Crippen molar-refractivity contribution < 1.29 is 0 Å². The Morgan fingerprint density at radius 1 is 1.40 bits per heavy atom. The summed E-state index contributed by atoms with van der Waals surface area (Å²) in [6, 6.07) is 8.49. The van der Waals surface area contributed by atoms with Gasteiger partial charge in [0.1, 0.15) is 0 Å². The molecule has 1 atom stereocenters. The number of hydrogen-bond acceptors (Lipinski definition) is 2. The van der Waals surface area contributed by atoms with Crippen LogP contribution in [0.3, 0.4) is 0 Å². The number of nitrogens with two attached hydrogens (primary N) is 1. The normalized spacial score (nSPS) is 13.2. The molecule has 0 radical (unpaired) electrons. The van der Waals surface area contributed by atoms with E-state index in [4.69, 9.17) is 5.73 Å². The molecule has 0 bridgehead atoms. The molecule has 2 rings (SSSR count). The second kappa shape index (κ2) is 4.47. The standard InChI is InChI=1S/C12H17N3/c1-14-8-10(13)6-9-7-15-12-5-3-2-4-11(9)12/h2-5,7,10,14-15H,6,8,13H2,1H3. The van der Waals surface area contributed by atoms with Gasteiger partial charge < -0.3 is 16.0 Å². The zero-order chi connectivity index (χ0) is 10.7. The Bertz CT molecular complexity index is 433. The molecule has 80 valence electrons. The van der Waals surface area contributed by atoms with Crippen molar-refractivity contribution in [2.45, 2.75) is 12.5 Å². The summed E-state index contributed by atoms with van der Waals surface area (Å²) >= 11 is 0. The zero-order valence-electron chi connectivity index (χ0n) is 8.96. The predicted octanol–water partition coefficient (Wildman–Crippen LogP) is 1.26. The molecule has 1 aromatic heterocycles. The Morgan fingerprint density at radius 3 is 3.00 bits per heavy atom. The fourth-order valence-corrected chi connectivity index (χ4v) is 1.92. The number of hydrogen-bond donors (Lipinski definition) is 3. The maximum atomic E-state index is 5.99. The van der Waals surface area contributed by atoms with Crippen LogP contribution in [0.5, 0.6) is 0 Å². The van der Waals surface area contributed by atoms with E-state index in [9.17, 15) is 0 Å². The SMILES string of the molecule is CNCC(N)Cc1c[nH]c2ccccc12. The summed E-state index contributed by atoms with van der Waals surface area (Å²) in [4.78, 5) is 3.26. The minimum Gasteiger partial charge on any atom is -0.361 e. The van der Waals surface area contributed by atoms with Crippen molar-refractivity contribution in [2.75, 3.05) is 13.6 Å². The number of nitrogens with one attached hydrogen (secondary N) is 2. The first-order valence-electron chi connectivity index (χ1n) is 5.26. The summed E-state index contributed by atoms with van der Waals surface area (Å²) in [6.45, 7) is 0.847. The topological polar surface area (TPSA) is 53.8 Å². The predicted molar refractivity (Wildman–Crippen MR) is 63.9 cm³/mol. The third-order valence-corrected chi connectivity index (χ3v) is 2.62. The van der Waals surface area contributed by atoms with Crippen LogP contribution in [0.4, 0.5) is 0 Å². The Labute approximate surface area is 89.7 Å². The Balaban J connectivity index is 2.21. The van der Waals surface area contributed by atoms with E-state index in [1.165, 1.54) is 16.5 Å². The van der Waals surface area contributed by atoms with Gasteiger partial charge in [0.05, 0.1) is 0 Å². The van der Waals surface area contributed by atoms with Gasteiger partial charge in [0.25, 0.3) is 0 Å². The molecule has 0 aliphatic carbocycles. The van der Waals surface area contributed by atoms with Crippen LogP contribution < -0.4 is 11.1 Å². The number of aromatic nitrogens is 1. The maximum absolute atomic E-state index is 5.99. The lowest BCUT2D eigenvalue weighted by Gasteiger charge is -2.09. The number of H-pyrrole nitrogens is 1. The van der Waals surface area contributed by atoms with E-state index < -0.39 is 0 Å². The fraction of sp³-hybridized carbons (Fsp3) is 0.333. The van der Waals surface area contributed by atoms with E-state index in [-0.39, 0.29) is 6.04 Å². The van der Waals surface area contributed by atoms with Gasteiger partial charge in [0, 0.05) is 29.7 Å². The van der Waals surface area contributed by atoms with Crippen LogP contribution >= 0.6 is 0 Å². The second-order valence-electron chi connectivity index (χ2n) is 3.88. The lowest BCUT2D eigenvalue weighted by atomic mass is 10.1. The lowest BCUT2D eigenvalue weighted by molar-refractivity contribution is 0.617. The summed E-state index contributed by atoms with van der Waals surface area (Å²) < 4.78 is 0. The van der Waals surface area contributed by atoms with E-state index in [1.54, 1.807) is 0 Å². The first kappa shape index (κ1) is 10.2. The van der Waals surface area contributed by atoms with E-state index >= 15 is 0 Å². The molecule has 0 aliphatic rings. The van der Waals surface area contributed by atoms with Crippen LogP contribution in [-0.4, -0.2) is 24.6 Å². The minimum absolute atomic E-state index is 0.175. The van der Waals surface area contributed by atoms with Crippen LogP contribution in [0.2, 0.25) is 0 Å². The summed E-state index contributed by atoms with van der Waals surface area (Å²) in [6.07, 6.45) is 2.96. The van der Waals surface area contributed by atoms with Crippen molar-refractivity contribution in [2.24, 2.45) is 5.73 Å². The summed E-state index contributed by atoms with van der Waals surface area (Å²) in [7, 11) is 1.93. The largest absolute Gasteiger partial charge is 0.361 e. The number of fused-ring (bicyclic) bond motifs is 1. The van der Waals surface area contributed by atoms with Crippen molar-refractivity contribution in [1.82, 2.24) is 10.3 Å². The Kier molecular flexibility index (Phi) is 3.04. The van der Waals surface area contributed by atoms with Crippen molar-refractivity contribution in [3.05, 3.63) is 36.0 Å². The molecule has 0 saturated carbocycles. The highest BCUT2D eigenvalue weighted by molar-refractivity contribution is 5.83. The van der Waals surface area contributed by atoms with E-state index in [2.05, 4.69) is 34.7 Å². The molecule has 1 unspecified atom stereocenters. The number of para-hydroxylation sites is 1. The van der Waals surface area contributed by atoms with Crippen molar-refractivity contribution >= 4 is 10.9 Å². The van der Waals surface area contributed by atoms with Gasteiger partial charge in [-0.05, 0) is 25.1 Å². The highest BCUT2D eigenvalue weighted by Crippen LogP contribution is 2.18. The number of benzene rings is 1. The monoisotopic (exact) mass is 203 g/mol. The van der Waals surface area contributed by atoms with Crippen LogP contribution in [0.15, 0.2) is 30.5 Å². The second-order valence-corrected chi connectivity index (χ2v) is 3.88. The molecule has 15 heavy (non-hydrogen) atoms. The smallest absolute Gasteiger partial charge is 0.0456 e. The zero-order valence-corrected chi connectivity index (χ0v) is 8.96. The van der Waals surface area contributed by atoms with Gasteiger partial charge >= 0.3 is 0 Å². The van der Waals surface area contributed by atoms with Gasteiger partial charge in [0.2, 0.25) is 0 Å². The lowest BCUT2D eigenvalue weighted by Crippen LogP contribution is -2.33. The molecule has 0 saturated heterocycles. The first-order chi connectivity index (χ1) is 7.31. The molecule has 3 heteroatoms. The molecule has 4 N–H and O–H groups in total. The number of rotatable bonds is 4. The summed E-state index contributed by atoms with van der Waals surface area (Å²) in [5, 5.41) is 4.37. The first-order valence-corrected chi connectivity index (χ1v) is 5.26. The molecular weight excluding hydrogens is 186 g/mol. The summed E-state index contributed by atoms with van der Waals surface area (Å²) in [5.41, 5.74) is 8.47. The third kappa shape index (κ3) is 2.19. The molecule has 0 amide bonds. The van der Waals surface area contributed by atoms with Crippen LogP contribution in [-0.2, 0) is 6.42 Å². The van der Waals surface area contributed by atoms with Gasteiger partial charge in [-0.15, -0.1) is 0 Å². The minimum atomic E-state index is 0.175. The molecule has 1 aromatic carbocycles. The van der Waals surface area contributed by atoms with Crippen molar-refractivity contribution in [3.63, 3.8) is 0 Å². The van der Waals surface area contributed by atoms with E-state index in [1.807, 2.05) is 13.1 Å². The molecule has 0 aliphatic heterocycles. The van der Waals surface area contributed by atoms with Gasteiger partial charge in [-0.1, -0.05) is 18.2 Å². The van der Waals surface area contributed by atoms with Crippen molar-refractivity contribution in [1.29, 1.82) is 0 Å². The molecule has 2 aromatic rings. The molecule has 1 heterocycles. The van der Waals surface area contributed by atoms with Gasteiger partial charge in [0.15, 0.2) is 0 Å². The molecular formula is C12H17N3. The highest BCUT2D eigenvalue weighted by atomic mass is 14.9. The average molecular weight is 203 g/mol. The maximum Gasteiger partial charge on any atom is 0.0456 e. The molecule has 0 spiro atoms. The van der Waals surface area contributed by atoms with Crippen LogP contribution in [0, 0.1) is 0 Å². The number of likely N-dealkylation sites (N-methyl/N-ethyl adjacent to an activating group) is 1.